The molecule has 0 saturated heterocycles. The number of ether oxygens (including phenoxy) is 1. The van der Waals surface area contributed by atoms with Crippen LogP contribution in [0.25, 0.3) is 11.1 Å². The van der Waals surface area contributed by atoms with E-state index in [1.807, 2.05) is 0 Å². The van der Waals surface area contributed by atoms with Gasteiger partial charge >= 0.3 is 6.18 Å². The summed E-state index contributed by atoms with van der Waals surface area (Å²) < 4.78 is 44.6. The Hall–Kier alpha value is -1.10. The minimum atomic E-state index is -4.56. The molecule has 0 amide bonds. The van der Waals surface area contributed by atoms with Gasteiger partial charge in [-0.05, 0) is 18.2 Å². The maximum atomic E-state index is 13.2. The van der Waals surface area contributed by atoms with Gasteiger partial charge in [0.2, 0.25) is 0 Å². The van der Waals surface area contributed by atoms with Crippen LogP contribution in [0.5, 0.6) is 5.75 Å². The first kappa shape index (κ1) is 16.3. The lowest BCUT2D eigenvalue weighted by molar-refractivity contribution is -0.137. The van der Waals surface area contributed by atoms with Crippen molar-refractivity contribution in [2.45, 2.75) is 6.18 Å². The van der Waals surface area contributed by atoms with Gasteiger partial charge in [0.1, 0.15) is 5.75 Å². The van der Waals surface area contributed by atoms with Gasteiger partial charge in [-0.2, -0.15) is 13.2 Å². The Morgan fingerprint density at radius 1 is 0.952 bits per heavy atom. The molecule has 2 rings (SSSR count). The molecule has 1 nitrogen and oxygen atoms in total. The van der Waals surface area contributed by atoms with Gasteiger partial charge in [-0.25, -0.2) is 0 Å². The van der Waals surface area contributed by atoms with Crippen LogP contribution in [0.1, 0.15) is 5.56 Å². The van der Waals surface area contributed by atoms with Crippen LogP contribution >= 0.6 is 34.8 Å². The average Bonchev–Trinajstić information content (AvgIpc) is 2.43. The van der Waals surface area contributed by atoms with Crippen molar-refractivity contribution in [3.05, 3.63) is 51.0 Å². The normalized spacial score (nSPS) is 11.6. The monoisotopic (exact) mass is 354 g/mol. The zero-order valence-corrected chi connectivity index (χ0v) is 12.8. The van der Waals surface area contributed by atoms with Crippen molar-refractivity contribution in [1.29, 1.82) is 0 Å². The summed E-state index contributed by atoms with van der Waals surface area (Å²) in [7, 11) is 1.28. The van der Waals surface area contributed by atoms with E-state index in [9.17, 15) is 13.2 Å². The highest BCUT2D eigenvalue weighted by atomic mass is 35.5. The van der Waals surface area contributed by atoms with E-state index in [1.165, 1.54) is 31.4 Å². The van der Waals surface area contributed by atoms with Gasteiger partial charge in [-0.15, -0.1) is 0 Å². The molecule has 0 spiro atoms. The third-order valence-electron chi connectivity index (χ3n) is 2.86. The van der Waals surface area contributed by atoms with Gasteiger partial charge in [0.15, 0.2) is 0 Å². The van der Waals surface area contributed by atoms with Gasteiger partial charge in [0, 0.05) is 11.1 Å². The highest BCUT2D eigenvalue weighted by molar-refractivity contribution is 6.49. The molecular formula is C14H8Cl3F3O. The maximum Gasteiger partial charge on any atom is 0.417 e. The molecule has 0 aliphatic carbocycles. The molecule has 0 saturated carbocycles. The number of benzene rings is 2. The van der Waals surface area contributed by atoms with E-state index in [-0.39, 0.29) is 31.9 Å². The number of methoxy groups -OCH3 is 1. The first-order valence-corrected chi connectivity index (χ1v) is 6.78. The predicted octanol–water partition coefficient (Wildman–Crippen LogP) is 6.34. The van der Waals surface area contributed by atoms with E-state index in [0.29, 0.717) is 0 Å². The molecule has 0 N–H and O–H groups in total. The lowest BCUT2D eigenvalue weighted by Crippen LogP contribution is -2.08. The first-order chi connectivity index (χ1) is 9.77. The van der Waals surface area contributed by atoms with Crippen LogP contribution in [-0.4, -0.2) is 7.11 Å². The van der Waals surface area contributed by atoms with Crippen molar-refractivity contribution in [2.75, 3.05) is 7.11 Å². The van der Waals surface area contributed by atoms with Crippen molar-refractivity contribution >= 4 is 34.8 Å². The summed E-state index contributed by atoms with van der Waals surface area (Å²) in [6.45, 7) is 0. The topological polar surface area (TPSA) is 9.23 Å². The molecule has 0 atom stereocenters. The smallest absolute Gasteiger partial charge is 0.417 e. The fourth-order valence-electron chi connectivity index (χ4n) is 1.93. The standard InChI is InChI=1S/C14H8Cl3F3O/c1-21-10-4-2-3-8(14(18,19)20)11(10)7-5-6-9(15)13(17)12(7)16/h2-6H,1H3. The second-order valence-corrected chi connectivity index (χ2v) is 5.27. The molecule has 0 aromatic heterocycles. The van der Waals surface area contributed by atoms with Crippen LogP contribution in [0.3, 0.4) is 0 Å². The van der Waals surface area contributed by atoms with Crippen LogP contribution in [0, 0.1) is 0 Å². The van der Waals surface area contributed by atoms with Crippen molar-refractivity contribution < 1.29 is 17.9 Å². The molecule has 0 unspecified atom stereocenters. The minimum absolute atomic E-state index is 0.00476. The van der Waals surface area contributed by atoms with Crippen molar-refractivity contribution in [3.8, 4) is 16.9 Å². The maximum absolute atomic E-state index is 13.2. The van der Waals surface area contributed by atoms with Crippen LogP contribution in [0.4, 0.5) is 13.2 Å². The lowest BCUT2D eigenvalue weighted by atomic mass is 9.98. The Balaban J connectivity index is 2.83. The molecule has 0 aliphatic rings. The number of alkyl halides is 3. The number of rotatable bonds is 2. The molecular weight excluding hydrogens is 348 g/mol. The quantitative estimate of drug-likeness (QED) is 0.571. The Morgan fingerprint density at radius 2 is 1.62 bits per heavy atom. The number of hydrogen-bond donors (Lipinski definition) is 0. The molecule has 0 radical (unpaired) electrons. The molecule has 0 fully saturated rings. The summed E-state index contributed by atoms with van der Waals surface area (Å²) in [4.78, 5) is 0. The highest BCUT2D eigenvalue weighted by Crippen LogP contribution is 2.46. The van der Waals surface area contributed by atoms with Crippen molar-refractivity contribution in [3.63, 3.8) is 0 Å². The largest absolute Gasteiger partial charge is 0.496 e. The summed E-state index contributed by atoms with van der Waals surface area (Å²) in [6, 6.07) is 6.40. The molecule has 7 heteroatoms. The van der Waals surface area contributed by atoms with Crippen LogP contribution in [0.15, 0.2) is 30.3 Å². The van der Waals surface area contributed by atoms with Gasteiger partial charge in [-0.3, -0.25) is 0 Å². The summed E-state index contributed by atoms with van der Waals surface area (Å²) in [5, 5.41) is 0.0999. The number of hydrogen-bond acceptors (Lipinski definition) is 1. The van der Waals surface area contributed by atoms with Gasteiger partial charge in [-0.1, -0.05) is 46.9 Å². The summed E-state index contributed by atoms with van der Waals surface area (Å²) >= 11 is 17.8. The fraction of sp³-hybridized carbons (Fsp3) is 0.143. The van der Waals surface area contributed by atoms with E-state index in [1.54, 1.807) is 0 Å². The zero-order chi connectivity index (χ0) is 15.8. The molecule has 21 heavy (non-hydrogen) atoms. The summed E-state index contributed by atoms with van der Waals surface area (Å²) in [5.74, 6) is 0.0464. The minimum Gasteiger partial charge on any atom is -0.496 e. The molecule has 2 aromatic carbocycles. The average molecular weight is 356 g/mol. The summed E-state index contributed by atoms with van der Waals surface area (Å²) in [5.41, 5.74) is -0.922. The molecule has 0 heterocycles. The Labute approximate surface area is 134 Å². The van der Waals surface area contributed by atoms with E-state index < -0.39 is 11.7 Å². The van der Waals surface area contributed by atoms with Gasteiger partial charge in [0.05, 0.1) is 27.7 Å². The lowest BCUT2D eigenvalue weighted by Gasteiger charge is -2.18. The fourth-order valence-corrected chi connectivity index (χ4v) is 2.56. The number of halogens is 6. The zero-order valence-electron chi connectivity index (χ0n) is 10.6. The van der Waals surface area contributed by atoms with Crippen molar-refractivity contribution in [2.24, 2.45) is 0 Å². The van der Waals surface area contributed by atoms with E-state index in [4.69, 9.17) is 39.5 Å². The van der Waals surface area contributed by atoms with Gasteiger partial charge < -0.3 is 4.74 Å². The molecule has 0 aliphatic heterocycles. The SMILES string of the molecule is COc1cccc(C(F)(F)F)c1-c1ccc(Cl)c(Cl)c1Cl. The van der Waals surface area contributed by atoms with Gasteiger partial charge in [0.25, 0.3) is 0 Å². The second-order valence-electron chi connectivity index (χ2n) is 4.10. The predicted molar refractivity (Wildman–Crippen MR) is 78.5 cm³/mol. The Kier molecular flexibility index (Phi) is 4.61. The van der Waals surface area contributed by atoms with Crippen LogP contribution in [0.2, 0.25) is 15.1 Å². The van der Waals surface area contributed by atoms with E-state index in [0.717, 1.165) is 6.07 Å². The first-order valence-electron chi connectivity index (χ1n) is 5.65. The summed E-state index contributed by atoms with van der Waals surface area (Å²) in [6.07, 6.45) is -4.56. The van der Waals surface area contributed by atoms with Crippen LogP contribution < -0.4 is 4.74 Å². The molecule has 112 valence electrons. The van der Waals surface area contributed by atoms with E-state index in [2.05, 4.69) is 0 Å². The van der Waals surface area contributed by atoms with E-state index >= 15 is 0 Å². The molecule has 0 bridgehead atoms. The third kappa shape index (κ3) is 3.07. The highest BCUT2D eigenvalue weighted by Gasteiger charge is 2.35. The Morgan fingerprint density at radius 3 is 2.19 bits per heavy atom. The third-order valence-corrected chi connectivity index (χ3v) is 4.15. The molecule has 2 aromatic rings. The van der Waals surface area contributed by atoms with Crippen molar-refractivity contribution in [1.82, 2.24) is 0 Å². The second kappa shape index (κ2) is 5.95. The van der Waals surface area contributed by atoms with Crippen LogP contribution in [-0.2, 0) is 6.18 Å². The Bertz CT molecular complexity index is 684.